The lowest BCUT2D eigenvalue weighted by molar-refractivity contribution is -0.121. The minimum absolute atomic E-state index is 0.0406. The van der Waals surface area contributed by atoms with Crippen molar-refractivity contribution in [3.05, 3.63) is 59.7 Å². The molecule has 6 nitrogen and oxygen atoms in total. The molecule has 1 atom stereocenters. The number of hydrogen-bond donors (Lipinski definition) is 1. The van der Waals surface area contributed by atoms with E-state index >= 15 is 0 Å². The lowest BCUT2D eigenvalue weighted by Crippen LogP contribution is -2.54. The third-order valence-corrected chi connectivity index (χ3v) is 7.30. The molecule has 1 unspecified atom stereocenters. The normalized spacial score (nSPS) is 16.9. The van der Waals surface area contributed by atoms with E-state index in [4.69, 9.17) is 0 Å². The molecule has 0 radical (unpaired) electrons. The molecular formula is C21H25F2N3O3S. The summed E-state index contributed by atoms with van der Waals surface area (Å²) >= 11 is 0. The Morgan fingerprint density at radius 2 is 1.60 bits per heavy atom. The maximum atomic E-state index is 14.0. The van der Waals surface area contributed by atoms with Gasteiger partial charge in [0.1, 0.15) is 11.6 Å². The standard InChI is InChI=1S/C21H25F2N3O3S/c1-3-16-7-9-17(10-8-16)24-21(27)15(2)25-11-13-26(14-12-25)30(28,29)20-18(22)5-4-6-19(20)23/h4-10,15H,3,11-14H2,1-2H3,(H,24,27). The first-order valence-electron chi connectivity index (χ1n) is 9.82. The van der Waals surface area contributed by atoms with Crippen LogP contribution in [-0.2, 0) is 21.2 Å². The zero-order chi connectivity index (χ0) is 21.9. The summed E-state index contributed by atoms with van der Waals surface area (Å²) in [5, 5.41) is 2.86. The first kappa shape index (κ1) is 22.3. The average molecular weight is 438 g/mol. The van der Waals surface area contributed by atoms with E-state index in [1.807, 2.05) is 29.2 Å². The van der Waals surface area contributed by atoms with E-state index in [0.29, 0.717) is 5.69 Å². The SMILES string of the molecule is CCc1ccc(NC(=O)C(C)N2CCN(S(=O)(=O)c3c(F)cccc3F)CC2)cc1. The molecule has 162 valence electrons. The molecule has 30 heavy (non-hydrogen) atoms. The van der Waals surface area contributed by atoms with Gasteiger partial charge in [0, 0.05) is 31.9 Å². The number of hydrogen-bond acceptors (Lipinski definition) is 4. The number of amides is 1. The Kier molecular flexibility index (Phi) is 6.84. The molecule has 1 N–H and O–H groups in total. The first-order valence-corrected chi connectivity index (χ1v) is 11.3. The molecule has 2 aromatic carbocycles. The van der Waals surface area contributed by atoms with Gasteiger partial charge in [-0.05, 0) is 43.2 Å². The maximum absolute atomic E-state index is 14.0. The van der Waals surface area contributed by atoms with Gasteiger partial charge in [0.25, 0.3) is 0 Å². The monoisotopic (exact) mass is 437 g/mol. The Morgan fingerprint density at radius 1 is 1.03 bits per heavy atom. The summed E-state index contributed by atoms with van der Waals surface area (Å²) < 4.78 is 54.3. The Hall–Kier alpha value is -2.36. The number of nitrogens with zero attached hydrogens (tertiary/aromatic N) is 2. The van der Waals surface area contributed by atoms with Crippen LogP contribution >= 0.6 is 0 Å². The summed E-state index contributed by atoms with van der Waals surface area (Å²) in [7, 11) is -4.29. The van der Waals surface area contributed by atoms with Crippen molar-refractivity contribution < 1.29 is 22.0 Å². The summed E-state index contributed by atoms with van der Waals surface area (Å²) in [4.78, 5) is 13.5. The van der Waals surface area contributed by atoms with Gasteiger partial charge in [-0.3, -0.25) is 9.69 Å². The van der Waals surface area contributed by atoms with Crippen molar-refractivity contribution in [1.29, 1.82) is 0 Å². The largest absolute Gasteiger partial charge is 0.325 e. The van der Waals surface area contributed by atoms with Crippen molar-refractivity contribution in [3.8, 4) is 0 Å². The van der Waals surface area contributed by atoms with Crippen LogP contribution in [0.1, 0.15) is 19.4 Å². The Bertz CT molecular complexity index is 984. The zero-order valence-electron chi connectivity index (χ0n) is 16.9. The highest BCUT2D eigenvalue weighted by Gasteiger charge is 2.35. The van der Waals surface area contributed by atoms with Crippen LogP contribution in [0.3, 0.4) is 0 Å². The van der Waals surface area contributed by atoms with E-state index in [2.05, 4.69) is 12.2 Å². The van der Waals surface area contributed by atoms with Crippen LogP contribution in [0.25, 0.3) is 0 Å². The molecule has 1 saturated heterocycles. The van der Waals surface area contributed by atoms with Crippen molar-refractivity contribution in [3.63, 3.8) is 0 Å². The summed E-state index contributed by atoms with van der Waals surface area (Å²) in [5.74, 6) is -2.42. The zero-order valence-corrected chi connectivity index (χ0v) is 17.8. The third-order valence-electron chi connectivity index (χ3n) is 5.35. The fourth-order valence-electron chi connectivity index (χ4n) is 3.43. The summed E-state index contributed by atoms with van der Waals surface area (Å²) in [6.45, 7) is 4.43. The highest BCUT2D eigenvalue weighted by Crippen LogP contribution is 2.24. The van der Waals surface area contributed by atoms with Gasteiger partial charge in [-0.15, -0.1) is 0 Å². The fourth-order valence-corrected chi connectivity index (χ4v) is 4.96. The van der Waals surface area contributed by atoms with Gasteiger partial charge >= 0.3 is 0 Å². The number of carbonyl (C=O) groups is 1. The van der Waals surface area contributed by atoms with Gasteiger partial charge in [-0.2, -0.15) is 4.31 Å². The lowest BCUT2D eigenvalue weighted by Gasteiger charge is -2.36. The van der Waals surface area contributed by atoms with E-state index in [0.717, 1.165) is 28.9 Å². The van der Waals surface area contributed by atoms with Gasteiger partial charge in [-0.25, -0.2) is 17.2 Å². The van der Waals surface area contributed by atoms with Crippen molar-refractivity contribution in [1.82, 2.24) is 9.21 Å². The van der Waals surface area contributed by atoms with Crippen molar-refractivity contribution >= 4 is 21.6 Å². The maximum Gasteiger partial charge on any atom is 0.249 e. The van der Waals surface area contributed by atoms with Crippen LogP contribution in [0.2, 0.25) is 0 Å². The van der Waals surface area contributed by atoms with E-state index in [9.17, 15) is 22.0 Å². The number of nitrogens with one attached hydrogen (secondary N) is 1. The number of aryl methyl sites for hydroxylation is 1. The second kappa shape index (κ2) is 9.20. The molecule has 0 spiro atoms. The van der Waals surface area contributed by atoms with Gasteiger partial charge < -0.3 is 5.32 Å². The van der Waals surface area contributed by atoms with E-state index in [1.54, 1.807) is 6.92 Å². The van der Waals surface area contributed by atoms with E-state index in [1.165, 1.54) is 5.56 Å². The number of benzene rings is 2. The van der Waals surface area contributed by atoms with Gasteiger partial charge in [0.05, 0.1) is 6.04 Å². The predicted octanol–water partition coefficient (Wildman–Crippen LogP) is 2.86. The molecule has 1 fully saturated rings. The minimum atomic E-state index is -4.29. The fraction of sp³-hybridized carbons (Fsp3) is 0.381. The molecule has 9 heteroatoms. The smallest absolute Gasteiger partial charge is 0.249 e. The van der Waals surface area contributed by atoms with E-state index < -0.39 is 32.6 Å². The molecule has 0 saturated carbocycles. The van der Waals surface area contributed by atoms with Crippen molar-refractivity contribution in [2.75, 3.05) is 31.5 Å². The van der Waals surface area contributed by atoms with Crippen LogP contribution in [-0.4, -0.2) is 55.8 Å². The number of anilines is 1. The first-order chi connectivity index (χ1) is 14.2. The van der Waals surface area contributed by atoms with Crippen LogP contribution in [0.4, 0.5) is 14.5 Å². The van der Waals surface area contributed by atoms with Gasteiger partial charge in [-0.1, -0.05) is 25.1 Å². The molecule has 1 heterocycles. The van der Waals surface area contributed by atoms with E-state index in [-0.39, 0.29) is 32.1 Å². The van der Waals surface area contributed by atoms with Crippen LogP contribution in [0.5, 0.6) is 0 Å². The Labute approximate surface area is 175 Å². The number of piperazine rings is 1. The Balaban J connectivity index is 1.62. The topological polar surface area (TPSA) is 69.7 Å². The molecule has 3 rings (SSSR count). The van der Waals surface area contributed by atoms with Gasteiger partial charge in [0.2, 0.25) is 15.9 Å². The molecule has 1 aliphatic rings. The second-order valence-corrected chi connectivity index (χ2v) is 9.08. The molecule has 0 aromatic heterocycles. The molecular weight excluding hydrogens is 412 g/mol. The van der Waals surface area contributed by atoms with Gasteiger partial charge in [0.15, 0.2) is 4.90 Å². The highest BCUT2D eigenvalue weighted by atomic mass is 32.2. The van der Waals surface area contributed by atoms with Crippen LogP contribution in [0, 0.1) is 11.6 Å². The minimum Gasteiger partial charge on any atom is -0.325 e. The molecule has 0 aliphatic carbocycles. The molecule has 1 amide bonds. The Morgan fingerprint density at radius 3 is 2.13 bits per heavy atom. The van der Waals surface area contributed by atoms with Crippen molar-refractivity contribution in [2.45, 2.75) is 31.2 Å². The average Bonchev–Trinajstić information content (AvgIpc) is 2.73. The van der Waals surface area contributed by atoms with Crippen LogP contribution in [0.15, 0.2) is 47.4 Å². The number of rotatable bonds is 6. The molecule has 0 bridgehead atoms. The van der Waals surface area contributed by atoms with Crippen LogP contribution < -0.4 is 5.32 Å². The summed E-state index contributed by atoms with van der Waals surface area (Å²) in [6.07, 6.45) is 0.911. The third kappa shape index (κ3) is 4.69. The summed E-state index contributed by atoms with van der Waals surface area (Å²) in [6, 6.07) is 10.1. The summed E-state index contributed by atoms with van der Waals surface area (Å²) in [5.41, 5.74) is 1.87. The number of sulfonamides is 1. The second-order valence-electron chi connectivity index (χ2n) is 7.21. The lowest BCUT2D eigenvalue weighted by atomic mass is 10.1. The molecule has 1 aliphatic heterocycles. The predicted molar refractivity (Wildman–Crippen MR) is 111 cm³/mol. The molecule has 2 aromatic rings. The number of halogens is 2. The number of carbonyl (C=O) groups excluding carboxylic acids is 1. The quantitative estimate of drug-likeness (QED) is 0.755. The van der Waals surface area contributed by atoms with Crippen molar-refractivity contribution in [2.24, 2.45) is 0 Å². The highest BCUT2D eigenvalue weighted by molar-refractivity contribution is 7.89.